The molecule has 0 bridgehead atoms. The average Bonchev–Trinajstić information content (AvgIpc) is 3.20. The summed E-state index contributed by atoms with van der Waals surface area (Å²) in [5.74, 6) is -4.27. The zero-order valence-electron chi connectivity index (χ0n) is 21.0. The summed E-state index contributed by atoms with van der Waals surface area (Å²) in [7, 11) is -3.00. The Morgan fingerprint density at radius 1 is 1.07 bits per heavy atom. The number of alkyl halides is 3. The van der Waals surface area contributed by atoms with Gasteiger partial charge in [0.05, 0.1) is 11.4 Å². The molecule has 4 rings (SSSR count). The summed E-state index contributed by atoms with van der Waals surface area (Å²) in [5.41, 5.74) is -0.929. The van der Waals surface area contributed by atoms with E-state index in [9.17, 15) is 31.7 Å². The lowest BCUT2D eigenvalue weighted by Crippen LogP contribution is -2.43. The van der Waals surface area contributed by atoms with E-state index in [0.717, 1.165) is 23.1 Å². The quantitative estimate of drug-likeness (QED) is 0.254. The number of amides is 3. The van der Waals surface area contributed by atoms with Crippen molar-refractivity contribution in [2.45, 2.75) is 18.8 Å². The molecule has 212 valence electrons. The number of ether oxygens (including phenoxy) is 1. The largest absolute Gasteiger partial charge is 0.573 e. The zero-order valence-corrected chi connectivity index (χ0v) is 22.6. The molecule has 1 aliphatic heterocycles. The Balaban J connectivity index is 1.64. The van der Waals surface area contributed by atoms with Crippen molar-refractivity contribution in [3.8, 4) is 16.9 Å². The maximum absolute atomic E-state index is 15.7. The van der Waals surface area contributed by atoms with E-state index < -0.39 is 54.6 Å². The molecule has 3 amide bonds. The van der Waals surface area contributed by atoms with Crippen LogP contribution < -0.4 is 25.6 Å². The van der Waals surface area contributed by atoms with Crippen LogP contribution >= 0.6 is 18.7 Å². The number of carbonyl (C=O) groups excluding carboxylic acids is 2. The van der Waals surface area contributed by atoms with Crippen LogP contribution in [0.3, 0.4) is 0 Å². The maximum Gasteiger partial charge on any atom is 0.573 e. The van der Waals surface area contributed by atoms with Crippen molar-refractivity contribution in [1.82, 2.24) is 5.32 Å². The van der Waals surface area contributed by atoms with Crippen LogP contribution in [0, 0.1) is 11.6 Å². The third-order valence-electron chi connectivity index (χ3n) is 6.05. The predicted octanol–water partition coefficient (Wildman–Crippen LogP) is 6.36. The minimum Gasteiger partial charge on any atom is -0.402 e. The highest BCUT2D eigenvalue weighted by molar-refractivity contribution is 7.70. The molecule has 3 aromatic rings. The van der Waals surface area contributed by atoms with Crippen molar-refractivity contribution in [3.63, 3.8) is 0 Å². The summed E-state index contributed by atoms with van der Waals surface area (Å²) in [5, 5.41) is 4.91. The molecule has 1 heterocycles. The van der Waals surface area contributed by atoms with Crippen LogP contribution in [0.15, 0.2) is 54.6 Å². The summed E-state index contributed by atoms with van der Waals surface area (Å²) in [6.45, 7) is 2.71. The van der Waals surface area contributed by atoms with Crippen LogP contribution in [-0.2, 0) is 9.36 Å². The molecule has 0 saturated carbocycles. The first-order valence-electron chi connectivity index (χ1n) is 11.7. The second-order valence-electron chi connectivity index (χ2n) is 9.24. The van der Waals surface area contributed by atoms with E-state index in [0.29, 0.717) is 0 Å². The number of rotatable bonds is 6. The first kappa shape index (κ1) is 29.4. The van der Waals surface area contributed by atoms with Gasteiger partial charge in [-0.05, 0) is 55.6 Å². The number of nitrogens with zero attached hydrogens (tertiary/aromatic N) is 1. The number of nitrogens with one attached hydrogen (secondary N) is 2. The lowest BCUT2D eigenvalue weighted by Gasteiger charge is -2.23. The smallest absolute Gasteiger partial charge is 0.402 e. The van der Waals surface area contributed by atoms with E-state index in [1.54, 1.807) is 6.07 Å². The molecule has 1 atom stereocenters. The lowest BCUT2D eigenvalue weighted by atomic mass is 10.0. The van der Waals surface area contributed by atoms with Gasteiger partial charge < -0.3 is 24.8 Å². The minimum atomic E-state index is -5.28. The Hall–Kier alpha value is -3.63. The molecular weight excluding hydrogens is 580 g/mol. The molecule has 0 spiro atoms. The maximum atomic E-state index is 15.7. The average molecular weight is 602 g/mol. The Bertz CT molecular complexity index is 1530. The Labute approximate surface area is 230 Å². The van der Waals surface area contributed by atoms with Crippen LogP contribution in [0.1, 0.15) is 6.42 Å². The van der Waals surface area contributed by atoms with Gasteiger partial charge in [0.1, 0.15) is 19.0 Å². The highest BCUT2D eigenvalue weighted by Gasteiger charge is 2.39. The van der Waals surface area contributed by atoms with E-state index in [1.165, 1.54) is 43.7 Å². The van der Waals surface area contributed by atoms with Crippen molar-refractivity contribution >= 4 is 47.4 Å². The van der Waals surface area contributed by atoms with Crippen molar-refractivity contribution in [1.29, 1.82) is 0 Å². The molecule has 40 heavy (non-hydrogen) atoms. The number of benzene rings is 3. The molecule has 2 N–H and O–H groups in total. The van der Waals surface area contributed by atoms with Crippen LogP contribution in [-0.4, -0.2) is 44.2 Å². The van der Waals surface area contributed by atoms with Gasteiger partial charge in [-0.25, -0.2) is 13.6 Å². The molecule has 0 aliphatic carbocycles. The van der Waals surface area contributed by atoms with Gasteiger partial charge in [0.25, 0.3) is 0 Å². The molecular formula is C26H22ClF5N3O4P. The SMILES string of the molecule is CP(C)(=O)c1ccccc1-c1ccc(N2CC[C@@H](NC(=O)Nc3ccc(Cl)cc3F)C2=O)c(F)c1OC(F)(F)F. The fourth-order valence-corrected chi connectivity index (χ4v) is 5.69. The number of urea groups is 1. The summed E-state index contributed by atoms with van der Waals surface area (Å²) in [6, 6.07) is 9.62. The highest BCUT2D eigenvalue weighted by atomic mass is 35.5. The number of hydrogen-bond donors (Lipinski definition) is 2. The Morgan fingerprint density at radius 2 is 1.77 bits per heavy atom. The fraction of sp³-hybridized carbons (Fsp3) is 0.231. The topological polar surface area (TPSA) is 87.7 Å². The van der Waals surface area contributed by atoms with Crippen molar-refractivity contribution in [2.75, 3.05) is 30.1 Å². The summed E-state index contributed by atoms with van der Waals surface area (Å²) >= 11 is 5.68. The van der Waals surface area contributed by atoms with Gasteiger partial charge in [0.15, 0.2) is 11.6 Å². The van der Waals surface area contributed by atoms with E-state index >= 15 is 4.39 Å². The van der Waals surface area contributed by atoms with Crippen LogP contribution in [0.25, 0.3) is 11.1 Å². The predicted molar refractivity (Wildman–Crippen MR) is 142 cm³/mol. The molecule has 1 saturated heterocycles. The minimum absolute atomic E-state index is 0.0102. The monoisotopic (exact) mass is 601 g/mol. The van der Waals surface area contributed by atoms with Gasteiger partial charge in [-0.1, -0.05) is 35.9 Å². The van der Waals surface area contributed by atoms with E-state index in [1.807, 2.05) is 0 Å². The fourth-order valence-electron chi connectivity index (χ4n) is 4.31. The summed E-state index contributed by atoms with van der Waals surface area (Å²) in [4.78, 5) is 26.3. The summed E-state index contributed by atoms with van der Waals surface area (Å²) in [6.07, 6.45) is -5.29. The molecule has 0 radical (unpaired) electrons. The normalized spacial score (nSPS) is 15.8. The first-order valence-corrected chi connectivity index (χ1v) is 14.7. The van der Waals surface area contributed by atoms with Gasteiger partial charge in [-0.2, -0.15) is 0 Å². The van der Waals surface area contributed by atoms with Gasteiger partial charge in [0, 0.05) is 22.4 Å². The van der Waals surface area contributed by atoms with Gasteiger partial charge >= 0.3 is 12.4 Å². The second kappa shape index (κ2) is 11.1. The van der Waals surface area contributed by atoms with Gasteiger partial charge in [-0.15, -0.1) is 13.2 Å². The second-order valence-corrected chi connectivity index (χ2v) is 12.9. The van der Waals surface area contributed by atoms with Crippen LogP contribution in [0.4, 0.5) is 38.1 Å². The van der Waals surface area contributed by atoms with Crippen molar-refractivity contribution in [3.05, 3.63) is 71.3 Å². The third-order valence-corrected chi connectivity index (χ3v) is 7.84. The van der Waals surface area contributed by atoms with Crippen LogP contribution in [0.5, 0.6) is 5.75 Å². The molecule has 14 heteroatoms. The lowest BCUT2D eigenvalue weighted by molar-refractivity contribution is -0.275. The standard InChI is InChI=1S/C26H22ClF5N3O4P/c1-40(2,38)21-6-4-3-5-15(21)16-8-10-20(22(29)23(16)39-26(30,31)32)35-12-11-19(24(35)36)34-25(37)33-18-9-7-14(27)13-17(18)28/h3-10,13,19H,11-12H2,1-2H3,(H2,33,34,37)/t19-/m1/s1. The number of carbonyl (C=O) groups is 2. The number of hydrogen-bond acceptors (Lipinski definition) is 4. The van der Waals surface area contributed by atoms with E-state index in [2.05, 4.69) is 15.4 Å². The molecule has 7 nitrogen and oxygen atoms in total. The zero-order chi connectivity index (χ0) is 29.4. The third kappa shape index (κ3) is 6.39. The molecule has 0 aromatic heterocycles. The van der Waals surface area contributed by atoms with Gasteiger partial charge in [-0.3, -0.25) is 4.79 Å². The van der Waals surface area contributed by atoms with Crippen LogP contribution in [0.2, 0.25) is 5.02 Å². The highest BCUT2D eigenvalue weighted by Crippen LogP contribution is 2.45. The van der Waals surface area contributed by atoms with Crippen molar-refractivity contribution < 1.29 is 40.8 Å². The Kier molecular flexibility index (Phi) is 8.14. The molecule has 0 unspecified atom stereocenters. The van der Waals surface area contributed by atoms with E-state index in [-0.39, 0.29) is 40.1 Å². The summed E-state index contributed by atoms with van der Waals surface area (Å²) < 4.78 is 86.7. The van der Waals surface area contributed by atoms with Crippen molar-refractivity contribution in [2.24, 2.45) is 0 Å². The first-order chi connectivity index (χ1) is 18.7. The molecule has 1 fully saturated rings. The number of halogens is 6. The molecule has 1 aliphatic rings. The Morgan fingerprint density at radius 3 is 2.42 bits per heavy atom. The molecule has 3 aromatic carbocycles. The number of anilines is 2. The van der Waals surface area contributed by atoms with E-state index in [4.69, 9.17) is 11.6 Å². The van der Waals surface area contributed by atoms with Gasteiger partial charge in [0.2, 0.25) is 5.91 Å².